The maximum absolute atomic E-state index is 6.11. The van der Waals surface area contributed by atoms with Gasteiger partial charge in [0.1, 0.15) is 0 Å². The zero-order valence-electron chi connectivity index (χ0n) is 13.3. The fourth-order valence-electron chi connectivity index (χ4n) is 2.77. The van der Waals surface area contributed by atoms with Gasteiger partial charge in [-0.3, -0.25) is 4.68 Å². The van der Waals surface area contributed by atoms with Crippen molar-refractivity contribution in [2.24, 2.45) is 5.92 Å². The van der Waals surface area contributed by atoms with Crippen LogP contribution in [0, 0.1) is 12.8 Å². The van der Waals surface area contributed by atoms with Gasteiger partial charge < -0.3 is 9.31 Å². The van der Waals surface area contributed by atoms with Crippen molar-refractivity contribution in [3.8, 4) is 0 Å². The quantitative estimate of drug-likeness (QED) is 0.795. The fraction of sp³-hybridized carbons (Fsp3) is 0.800. The molecular weight excluding hydrogens is 251 g/mol. The predicted octanol–water partition coefficient (Wildman–Crippen LogP) is 2.29. The van der Waals surface area contributed by atoms with E-state index >= 15 is 0 Å². The zero-order chi connectivity index (χ0) is 14.5. The van der Waals surface area contributed by atoms with Gasteiger partial charge >= 0.3 is 7.12 Å². The smallest absolute Gasteiger partial charge is 0.399 e. The van der Waals surface area contributed by atoms with Crippen LogP contribution in [0.4, 0.5) is 0 Å². The van der Waals surface area contributed by atoms with Crippen LogP contribution in [0.5, 0.6) is 0 Å². The van der Waals surface area contributed by atoms with Crippen molar-refractivity contribution in [2.75, 3.05) is 0 Å². The number of aromatic nitrogens is 2. The zero-order valence-corrected chi connectivity index (χ0v) is 13.3. The van der Waals surface area contributed by atoms with E-state index in [1.807, 2.05) is 6.92 Å². The summed E-state index contributed by atoms with van der Waals surface area (Å²) >= 11 is 0. The van der Waals surface area contributed by atoms with Gasteiger partial charge in [-0.05, 0) is 53.4 Å². The summed E-state index contributed by atoms with van der Waals surface area (Å²) in [5.41, 5.74) is 1.51. The molecule has 0 spiro atoms. The Bertz CT molecular complexity index is 490. The summed E-state index contributed by atoms with van der Waals surface area (Å²) in [5, 5.41) is 4.63. The molecule has 0 bridgehead atoms. The molecule has 3 rings (SSSR count). The molecule has 1 aromatic rings. The lowest BCUT2D eigenvalue weighted by Crippen LogP contribution is -2.41. The van der Waals surface area contributed by atoms with Crippen LogP contribution in [0.1, 0.15) is 52.7 Å². The SMILES string of the molecule is Cc1nn(CC2CCC2)cc1B1OC(C)(C)C(C)(C)O1. The largest absolute Gasteiger partial charge is 0.498 e. The molecule has 0 unspecified atom stereocenters. The molecule has 2 heterocycles. The second-order valence-corrected chi connectivity index (χ2v) is 7.28. The normalized spacial score (nSPS) is 24.9. The highest BCUT2D eigenvalue weighted by atomic mass is 16.7. The van der Waals surface area contributed by atoms with Gasteiger partial charge in [0.25, 0.3) is 0 Å². The van der Waals surface area contributed by atoms with Crippen molar-refractivity contribution >= 4 is 12.6 Å². The molecular formula is C15H25BN2O2. The molecule has 2 aliphatic rings. The van der Waals surface area contributed by atoms with E-state index in [2.05, 4.69) is 43.7 Å². The summed E-state index contributed by atoms with van der Waals surface area (Å²) in [4.78, 5) is 0. The molecule has 2 fully saturated rings. The van der Waals surface area contributed by atoms with Crippen molar-refractivity contribution < 1.29 is 9.31 Å². The van der Waals surface area contributed by atoms with E-state index in [0.29, 0.717) is 0 Å². The first-order valence-corrected chi connectivity index (χ1v) is 7.68. The van der Waals surface area contributed by atoms with Crippen LogP contribution in [0.3, 0.4) is 0 Å². The minimum absolute atomic E-state index is 0.291. The molecule has 20 heavy (non-hydrogen) atoms. The Morgan fingerprint density at radius 3 is 2.35 bits per heavy atom. The Labute approximate surface area is 122 Å². The van der Waals surface area contributed by atoms with Crippen molar-refractivity contribution in [1.82, 2.24) is 9.78 Å². The van der Waals surface area contributed by atoms with Gasteiger partial charge in [-0.15, -0.1) is 0 Å². The minimum atomic E-state index is -0.296. The molecule has 1 saturated heterocycles. The van der Waals surface area contributed by atoms with Crippen LogP contribution in [0.25, 0.3) is 0 Å². The van der Waals surface area contributed by atoms with E-state index in [0.717, 1.165) is 23.6 Å². The van der Waals surface area contributed by atoms with E-state index in [4.69, 9.17) is 9.31 Å². The molecule has 0 amide bonds. The third-order valence-corrected chi connectivity index (χ3v) is 5.16. The van der Waals surface area contributed by atoms with Crippen LogP contribution in [-0.2, 0) is 15.9 Å². The molecule has 0 atom stereocenters. The lowest BCUT2D eigenvalue weighted by molar-refractivity contribution is 0.00578. The molecule has 0 N–H and O–H groups in total. The van der Waals surface area contributed by atoms with Crippen molar-refractivity contribution in [2.45, 2.75) is 71.6 Å². The average molecular weight is 276 g/mol. The molecule has 1 aliphatic carbocycles. The molecule has 1 aromatic heterocycles. The van der Waals surface area contributed by atoms with E-state index in [1.165, 1.54) is 19.3 Å². The van der Waals surface area contributed by atoms with Gasteiger partial charge in [-0.1, -0.05) is 6.42 Å². The van der Waals surface area contributed by atoms with Crippen LogP contribution >= 0.6 is 0 Å². The highest BCUT2D eigenvalue weighted by Crippen LogP contribution is 2.36. The Balaban J connectivity index is 1.77. The predicted molar refractivity (Wildman–Crippen MR) is 80.0 cm³/mol. The first-order valence-electron chi connectivity index (χ1n) is 7.68. The van der Waals surface area contributed by atoms with Gasteiger partial charge in [-0.2, -0.15) is 5.10 Å². The Morgan fingerprint density at radius 2 is 1.85 bits per heavy atom. The first kappa shape index (κ1) is 14.1. The van der Waals surface area contributed by atoms with Gasteiger partial charge in [0.05, 0.1) is 16.9 Å². The summed E-state index contributed by atoms with van der Waals surface area (Å²) in [6, 6.07) is 0. The van der Waals surface area contributed by atoms with Crippen molar-refractivity contribution in [3.63, 3.8) is 0 Å². The van der Waals surface area contributed by atoms with Crippen molar-refractivity contribution in [1.29, 1.82) is 0 Å². The number of hydrogen-bond donors (Lipinski definition) is 0. The fourth-order valence-corrected chi connectivity index (χ4v) is 2.77. The van der Waals surface area contributed by atoms with Crippen LogP contribution in [0.15, 0.2) is 6.20 Å². The number of rotatable bonds is 3. The Hall–Kier alpha value is -0.805. The second-order valence-electron chi connectivity index (χ2n) is 7.28. The maximum atomic E-state index is 6.11. The highest BCUT2D eigenvalue weighted by Gasteiger charge is 2.52. The molecule has 110 valence electrons. The van der Waals surface area contributed by atoms with Crippen LogP contribution in [-0.4, -0.2) is 28.1 Å². The van der Waals surface area contributed by atoms with Crippen LogP contribution < -0.4 is 5.46 Å². The molecule has 5 heteroatoms. The van der Waals surface area contributed by atoms with Crippen molar-refractivity contribution in [3.05, 3.63) is 11.9 Å². The maximum Gasteiger partial charge on any atom is 0.498 e. The van der Waals surface area contributed by atoms with E-state index in [-0.39, 0.29) is 18.3 Å². The Kier molecular flexibility index (Phi) is 3.25. The number of aryl methyl sites for hydroxylation is 1. The molecule has 0 radical (unpaired) electrons. The van der Waals surface area contributed by atoms with Gasteiger partial charge in [0.15, 0.2) is 0 Å². The average Bonchev–Trinajstić information content (AvgIpc) is 2.72. The van der Waals surface area contributed by atoms with E-state index in [1.54, 1.807) is 0 Å². The molecule has 1 saturated carbocycles. The van der Waals surface area contributed by atoms with Gasteiger partial charge in [0, 0.05) is 18.2 Å². The third-order valence-electron chi connectivity index (χ3n) is 5.16. The molecule has 1 aliphatic heterocycles. The molecule has 0 aromatic carbocycles. The summed E-state index contributed by atoms with van der Waals surface area (Å²) in [7, 11) is -0.296. The summed E-state index contributed by atoms with van der Waals surface area (Å²) < 4.78 is 14.3. The Morgan fingerprint density at radius 1 is 1.25 bits per heavy atom. The minimum Gasteiger partial charge on any atom is -0.399 e. The summed E-state index contributed by atoms with van der Waals surface area (Å²) in [6.07, 6.45) is 6.15. The lowest BCUT2D eigenvalue weighted by Gasteiger charge is -2.32. The van der Waals surface area contributed by atoms with E-state index in [9.17, 15) is 0 Å². The first-order chi connectivity index (χ1) is 9.28. The third kappa shape index (κ3) is 2.31. The lowest BCUT2D eigenvalue weighted by atomic mass is 9.79. The van der Waals surface area contributed by atoms with Crippen LogP contribution in [0.2, 0.25) is 0 Å². The summed E-state index contributed by atoms with van der Waals surface area (Å²) in [6.45, 7) is 11.4. The van der Waals surface area contributed by atoms with E-state index < -0.39 is 0 Å². The monoisotopic (exact) mass is 276 g/mol. The number of nitrogens with zero attached hydrogens (tertiary/aromatic N) is 2. The van der Waals surface area contributed by atoms with Gasteiger partial charge in [0.2, 0.25) is 0 Å². The second kappa shape index (κ2) is 4.60. The molecule has 4 nitrogen and oxygen atoms in total. The summed E-state index contributed by atoms with van der Waals surface area (Å²) in [5.74, 6) is 0.806. The highest BCUT2D eigenvalue weighted by molar-refractivity contribution is 6.62. The number of hydrogen-bond acceptors (Lipinski definition) is 3. The van der Waals surface area contributed by atoms with Gasteiger partial charge in [-0.25, -0.2) is 0 Å². The standard InChI is InChI=1S/C15H25BN2O2/c1-11-13(10-18(17-11)9-12-7-6-8-12)16-19-14(2,3)15(4,5)20-16/h10,12H,6-9H2,1-5H3. The topological polar surface area (TPSA) is 36.3 Å².